The van der Waals surface area contributed by atoms with Crippen LogP contribution in [0.15, 0.2) is 0 Å². The molecule has 0 bridgehead atoms. The monoisotopic (exact) mass is 337 g/mol. The largest absolute Gasteiger partial charge is 0.481 e. The number of urea groups is 1. The molecule has 1 saturated carbocycles. The second kappa shape index (κ2) is 6.07. The number of carboxylic acids is 1. The second-order valence-corrected chi connectivity index (χ2v) is 6.99. The lowest BCUT2D eigenvalue weighted by molar-refractivity contribution is -0.142. The molecule has 1 N–H and O–H groups in total. The SMILES string of the molecule is CN1C(=O)N(CC(=O)N2CC[C@H](C(=O)O)C2)C(=O)C12CCCCC2. The van der Waals surface area contributed by atoms with E-state index in [-0.39, 0.29) is 24.9 Å². The Kier molecular flexibility index (Phi) is 4.23. The molecule has 0 radical (unpaired) electrons. The Labute approximate surface area is 140 Å². The number of likely N-dealkylation sites (N-methyl/N-ethyl adjacent to an activating group) is 1. The fourth-order valence-electron chi connectivity index (χ4n) is 4.09. The molecule has 8 nitrogen and oxygen atoms in total. The van der Waals surface area contributed by atoms with Crippen molar-refractivity contribution in [2.24, 2.45) is 5.92 Å². The summed E-state index contributed by atoms with van der Waals surface area (Å²) in [6.07, 6.45) is 4.55. The van der Waals surface area contributed by atoms with Crippen LogP contribution in [0.3, 0.4) is 0 Å². The minimum absolute atomic E-state index is 0.144. The Morgan fingerprint density at radius 2 is 1.88 bits per heavy atom. The molecule has 3 fully saturated rings. The number of hydrogen-bond acceptors (Lipinski definition) is 4. The lowest BCUT2D eigenvalue weighted by atomic mass is 9.81. The van der Waals surface area contributed by atoms with Gasteiger partial charge in [-0.25, -0.2) is 4.79 Å². The maximum atomic E-state index is 12.8. The minimum Gasteiger partial charge on any atom is -0.481 e. The van der Waals surface area contributed by atoms with Gasteiger partial charge in [-0.2, -0.15) is 0 Å². The van der Waals surface area contributed by atoms with Gasteiger partial charge >= 0.3 is 12.0 Å². The molecule has 2 aliphatic heterocycles. The predicted molar refractivity (Wildman–Crippen MR) is 83.0 cm³/mol. The Hall–Kier alpha value is -2.12. The molecule has 132 valence electrons. The van der Waals surface area contributed by atoms with E-state index in [1.54, 1.807) is 7.05 Å². The van der Waals surface area contributed by atoms with E-state index < -0.39 is 23.5 Å². The quantitative estimate of drug-likeness (QED) is 0.757. The van der Waals surface area contributed by atoms with Gasteiger partial charge in [-0.15, -0.1) is 0 Å². The summed E-state index contributed by atoms with van der Waals surface area (Å²) in [5, 5.41) is 9.02. The molecule has 3 rings (SSSR count). The van der Waals surface area contributed by atoms with Crippen LogP contribution in [0.4, 0.5) is 4.79 Å². The van der Waals surface area contributed by atoms with E-state index in [9.17, 15) is 19.2 Å². The number of carboxylic acid groups (broad SMARTS) is 1. The van der Waals surface area contributed by atoms with E-state index in [0.29, 0.717) is 25.8 Å². The third kappa shape index (κ3) is 2.53. The summed E-state index contributed by atoms with van der Waals surface area (Å²) >= 11 is 0. The van der Waals surface area contributed by atoms with Gasteiger partial charge in [-0.3, -0.25) is 19.3 Å². The van der Waals surface area contributed by atoms with Crippen molar-refractivity contribution in [1.82, 2.24) is 14.7 Å². The highest BCUT2D eigenvalue weighted by Crippen LogP contribution is 2.39. The van der Waals surface area contributed by atoms with E-state index in [2.05, 4.69) is 0 Å². The molecule has 1 aliphatic carbocycles. The van der Waals surface area contributed by atoms with Gasteiger partial charge in [0.05, 0.1) is 5.92 Å². The lowest BCUT2D eigenvalue weighted by Gasteiger charge is -2.35. The van der Waals surface area contributed by atoms with Crippen LogP contribution in [-0.2, 0) is 14.4 Å². The average Bonchev–Trinajstić information content (AvgIpc) is 3.13. The molecule has 2 saturated heterocycles. The number of carbonyl (C=O) groups is 4. The first-order valence-corrected chi connectivity index (χ1v) is 8.47. The van der Waals surface area contributed by atoms with Crippen LogP contribution in [0, 0.1) is 5.92 Å². The van der Waals surface area contributed by atoms with Gasteiger partial charge in [0.25, 0.3) is 5.91 Å². The summed E-state index contributed by atoms with van der Waals surface area (Å²) in [5.74, 6) is -2.12. The van der Waals surface area contributed by atoms with Crippen LogP contribution in [-0.4, -0.2) is 75.8 Å². The number of aliphatic carboxylic acids is 1. The summed E-state index contributed by atoms with van der Waals surface area (Å²) in [7, 11) is 1.63. The number of carbonyl (C=O) groups excluding carboxylic acids is 3. The average molecular weight is 337 g/mol. The first-order valence-electron chi connectivity index (χ1n) is 8.47. The van der Waals surface area contributed by atoms with Crippen LogP contribution in [0.2, 0.25) is 0 Å². The van der Waals surface area contributed by atoms with Gasteiger partial charge in [0, 0.05) is 20.1 Å². The molecule has 0 unspecified atom stereocenters. The van der Waals surface area contributed by atoms with Crippen molar-refractivity contribution in [2.75, 3.05) is 26.7 Å². The first-order chi connectivity index (χ1) is 11.4. The van der Waals surface area contributed by atoms with Gasteiger partial charge in [-0.1, -0.05) is 19.3 Å². The van der Waals surface area contributed by atoms with E-state index in [1.807, 2.05) is 0 Å². The number of amides is 4. The predicted octanol–water partition coefficient (Wildman–Crippen LogP) is 0.516. The van der Waals surface area contributed by atoms with Crippen LogP contribution >= 0.6 is 0 Å². The molecule has 3 aliphatic rings. The van der Waals surface area contributed by atoms with Crippen molar-refractivity contribution in [3.8, 4) is 0 Å². The zero-order valence-corrected chi connectivity index (χ0v) is 13.9. The van der Waals surface area contributed by atoms with Gasteiger partial charge in [-0.05, 0) is 19.3 Å². The number of hydrogen-bond donors (Lipinski definition) is 1. The number of rotatable bonds is 3. The van der Waals surface area contributed by atoms with Crippen LogP contribution in [0.1, 0.15) is 38.5 Å². The van der Waals surface area contributed by atoms with E-state index in [4.69, 9.17) is 5.11 Å². The summed E-state index contributed by atoms with van der Waals surface area (Å²) in [6, 6.07) is -0.427. The van der Waals surface area contributed by atoms with Gasteiger partial charge < -0.3 is 14.9 Å². The van der Waals surface area contributed by atoms with Crippen LogP contribution in [0.5, 0.6) is 0 Å². The van der Waals surface area contributed by atoms with Crippen molar-refractivity contribution in [1.29, 1.82) is 0 Å². The molecular weight excluding hydrogens is 314 g/mol. The first kappa shape index (κ1) is 16.7. The van der Waals surface area contributed by atoms with E-state index in [1.165, 1.54) is 9.80 Å². The molecule has 4 amide bonds. The Morgan fingerprint density at radius 3 is 2.46 bits per heavy atom. The Bertz CT molecular complexity index is 584. The lowest BCUT2D eigenvalue weighted by Crippen LogP contribution is -2.49. The number of imide groups is 1. The Balaban J connectivity index is 1.69. The van der Waals surface area contributed by atoms with Gasteiger partial charge in [0.15, 0.2) is 0 Å². The molecule has 0 aromatic carbocycles. The molecular formula is C16H23N3O5. The highest BCUT2D eigenvalue weighted by Gasteiger charge is 2.56. The minimum atomic E-state index is -0.917. The van der Waals surface area contributed by atoms with Crippen LogP contribution in [0.25, 0.3) is 0 Å². The standard InChI is InChI=1S/C16H23N3O5/c1-17-15(24)19(14(23)16(17)6-3-2-4-7-16)10-12(20)18-8-5-11(9-18)13(21)22/h11H,2-10H2,1H3,(H,21,22)/t11-/m0/s1. The third-order valence-electron chi connectivity index (χ3n) is 5.67. The topological polar surface area (TPSA) is 98.2 Å². The fourth-order valence-corrected chi connectivity index (χ4v) is 4.09. The number of nitrogens with zero attached hydrogens (tertiary/aromatic N) is 3. The van der Waals surface area contributed by atoms with Gasteiger partial charge in [0.2, 0.25) is 5.91 Å². The second-order valence-electron chi connectivity index (χ2n) is 6.99. The molecule has 8 heteroatoms. The smallest absolute Gasteiger partial charge is 0.327 e. The van der Waals surface area contributed by atoms with Crippen molar-refractivity contribution in [2.45, 2.75) is 44.1 Å². The maximum Gasteiger partial charge on any atom is 0.327 e. The third-order valence-corrected chi connectivity index (χ3v) is 5.67. The van der Waals surface area contributed by atoms with Crippen molar-refractivity contribution >= 4 is 23.8 Å². The fraction of sp³-hybridized carbons (Fsp3) is 0.750. The summed E-state index contributed by atoms with van der Waals surface area (Å²) in [4.78, 5) is 52.7. The summed E-state index contributed by atoms with van der Waals surface area (Å²) < 4.78 is 0. The zero-order chi connectivity index (χ0) is 17.5. The summed E-state index contributed by atoms with van der Waals surface area (Å²) in [6.45, 7) is 0.203. The molecule has 0 aromatic heterocycles. The Morgan fingerprint density at radius 1 is 1.21 bits per heavy atom. The van der Waals surface area contributed by atoms with Crippen molar-refractivity contribution in [3.05, 3.63) is 0 Å². The molecule has 0 aromatic rings. The highest BCUT2D eigenvalue weighted by atomic mass is 16.4. The normalized spacial score (nSPS) is 26.5. The van der Waals surface area contributed by atoms with E-state index in [0.717, 1.165) is 24.2 Å². The van der Waals surface area contributed by atoms with Crippen molar-refractivity contribution in [3.63, 3.8) is 0 Å². The number of likely N-dealkylation sites (tertiary alicyclic amines) is 1. The molecule has 1 atom stereocenters. The molecule has 1 spiro atoms. The summed E-state index contributed by atoms with van der Waals surface area (Å²) in [5.41, 5.74) is -0.787. The van der Waals surface area contributed by atoms with Crippen molar-refractivity contribution < 1.29 is 24.3 Å². The highest BCUT2D eigenvalue weighted by molar-refractivity contribution is 6.09. The zero-order valence-electron chi connectivity index (χ0n) is 13.9. The molecule has 2 heterocycles. The van der Waals surface area contributed by atoms with Crippen LogP contribution < -0.4 is 0 Å². The maximum absolute atomic E-state index is 12.8. The van der Waals surface area contributed by atoms with E-state index >= 15 is 0 Å². The van der Waals surface area contributed by atoms with Gasteiger partial charge in [0.1, 0.15) is 12.1 Å². The molecule has 24 heavy (non-hydrogen) atoms.